The molecule has 36 heavy (non-hydrogen) atoms. The molecule has 8 heteroatoms. The molecule has 0 unspecified atom stereocenters. The van der Waals surface area contributed by atoms with Crippen LogP contribution in [0, 0.1) is 5.41 Å². The number of halogens is 3. The summed E-state index contributed by atoms with van der Waals surface area (Å²) in [6.45, 7) is 2.62. The van der Waals surface area contributed by atoms with Gasteiger partial charge >= 0.3 is 200 Å². The molecule has 0 saturated heterocycles. The van der Waals surface area contributed by atoms with Crippen molar-refractivity contribution in [2.45, 2.75) is 45.4 Å². The second kappa shape index (κ2) is 13.4. The van der Waals surface area contributed by atoms with Crippen molar-refractivity contribution in [3.63, 3.8) is 0 Å². The van der Waals surface area contributed by atoms with E-state index in [4.69, 9.17) is 14.6 Å². The number of unbranched alkanes of at least 4 members (excludes halogenated alkanes) is 5. The van der Waals surface area contributed by atoms with E-state index in [1.807, 2.05) is 42.5 Å². The number of esters is 1. The summed E-state index contributed by atoms with van der Waals surface area (Å²) in [6, 6.07) is 15.2. The first-order valence-corrected chi connectivity index (χ1v) is 14.3. The quantitative estimate of drug-likeness (QED) is 0.0818. The third kappa shape index (κ3) is 6.18. The second-order valence-electron chi connectivity index (χ2n) is 8.51. The van der Waals surface area contributed by atoms with Gasteiger partial charge in [-0.25, -0.2) is 0 Å². The van der Waals surface area contributed by atoms with Gasteiger partial charge in [-0.1, -0.05) is 32.6 Å². The summed E-state index contributed by atoms with van der Waals surface area (Å²) in [7, 11) is 0. The fourth-order valence-corrected chi connectivity index (χ4v) is 5.46. The van der Waals surface area contributed by atoms with E-state index in [0.29, 0.717) is 33.3 Å². The summed E-state index contributed by atoms with van der Waals surface area (Å²) in [4.78, 5) is 13.2. The fraction of sp³-hybridized carbons (Fsp3) is 0.286. The molecular weight excluding hydrogens is 713 g/mol. The Morgan fingerprint density at radius 3 is 2.44 bits per heavy atom. The fourth-order valence-electron chi connectivity index (χ4n) is 4.24. The molecule has 2 aromatic rings. The topological polar surface area (TPSA) is 63.3 Å². The molecule has 4 rings (SSSR count). The van der Waals surface area contributed by atoms with Crippen molar-refractivity contribution in [3.05, 3.63) is 68.4 Å². The predicted octanol–water partition coefficient (Wildman–Crippen LogP) is 8.10. The number of benzene rings is 3. The number of hydrogen-bond donors (Lipinski definition) is 1. The monoisotopic (exact) mass is 737 g/mol. The third-order valence-corrected chi connectivity index (χ3v) is 9.09. The summed E-state index contributed by atoms with van der Waals surface area (Å²) in [5.41, 5.74) is 3.66. The van der Waals surface area contributed by atoms with Crippen LogP contribution in [0.5, 0.6) is 0 Å². The number of ether oxygens (including phenoxy) is 1. The van der Waals surface area contributed by atoms with E-state index in [1.165, 1.54) is 25.7 Å². The minimum atomic E-state index is -0.324. The number of hydrogen-bond acceptors (Lipinski definition) is 4. The summed E-state index contributed by atoms with van der Waals surface area (Å²) >= 11 is 9.72. The van der Waals surface area contributed by atoms with Crippen LogP contribution < -0.4 is 9.71 Å². The number of carbonyl (C=O) groups is 1. The van der Waals surface area contributed by atoms with Crippen molar-refractivity contribution in [2.24, 2.45) is 0 Å². The van der Waals surface area contributed by atoms with Crippen LogP contribution in [0.4, 0.5) is 0 Å². The molecule has 2 radical (unpaired) electrons. The molecule has 0 spiro atoms. The normalized spacial score (nSPS) is 11.0. The predicted molar refractivity (Wildman–Crippen MR) is 159 cm³/mol. The maximum atomic E-state index is 13.2. The van der Waals surface area contributed by atoms with Gasteiger partial charge in [-0.2, -0.15) is 0 Å². The number of carbonyl (C=O) groups excluding carboxylic acids is 1. The van der Waals surface area contributed by atoms with Crippen LogP contribution in [0.2, 0.25) is 0 Å². The molecule has 0 aromatic heterocycles. The average Bonchev–Trinajstić information content (AvgIpc) is 2.87. The van der Waals surface area contributed by atoms with E-state index in [1.54, 1.807) is 6.07 Å². The summed E-state index contributed by atoms with van der Waals surface area (Å²) in [5, 5.41) is 9.45. The molecule has 0 fully saturated rings. The van der Waals surface area contributed by atoms with Gasteiger partial charge in [0.2, 0.25) is 0 Å². The molecule has 0 saturated carbocycles. The molecule has 4 nitrogen and oxygen atoms in total. The van der Waals surface area contributed by atoms with Gasteiger partial charge in [-0.15, -0.1) is 17.0 Å². The van der Waals surface area contributed by atoms with Crippen LogP contribution in [0.1, 0.15) is 55.8 Å². The van der Waals surface area contributed by atoms with Gasteiger partial charge in [0.05, 0.1) is 0 Å². The van der Waals surface area contributed by atoms with Gasteiger partial charge in [0.1, 0.15) is 0 Å². The minimum absolute atomic E-state index is 0. The molecule has 1 N–H and O–H groups in total. The molecule has 1 aliphatic heterocycles. The standard InChI is InChI=1S/C28H26AsBr2NO3.BrH/c1-2-3-4-5-6-9-16-34-28(33)18-11-8-7-10-17(18)23-19-12-14-21(29)24(30)26(19)35-27-20(23)13-15-22(32)25(27)31;/h7-8,10-15,32H,2-6,9,16H2,1H3;1H. The van der Waals surface area contributed by atoms with Gasteiger partial charge in [0.15, 0.2) is 0 Å². The van der Waals surface area contributed by atoms with E-state index in [0.717, 1.165) is 43.7 Å². The molecule has 1 aliphatic carbocycles. The van der Waals surface area contributed by atoms with E-state index >= 15 is 0 Å². The zero-order chi connectivity index (χ0) is 24.9. The Kier molecular flexibility index (Phi) is 10.9. The van der Waals surface area contributed by atoms with Crippen molar-refractivity contribution in [2.75, 3.05) is 6.61 Å². The van der Waals surface area contributed by atoms with Crippen LogP contribution >= 0.6 is 48.8 Å². The molecular formula is C28H27AsBr3NO3. The molecule has 0 atom stereocenters. The van der Waals surface area contributed by atoms with Crippen molar-refractivity contribution in [1.82, 2.24) is 0 Å². The Labute approximate surface area is 247 Å². The van der Waals surface area contributed by atoms with E-state index in [2.05, 4.69) is 55.6 Å². The number of fused-ring (bicyclic) bond motifs is 2. The molecule has 0 bridgehead atoms. The summed E-state index contributed by atoms with van der Waals surface area (Å²) < 4.78 is 14.4. The SMILES string of the molecule is Br.CCCCCCCCOC(=O)c1ccccc1-c1c2ccc(=N)c(Br)c-2oc2c(Br)c([As])ccc12. The van der Waals surface area contributed by atoms with Crippen LogP contribution in [0.15, 0.2) is 61.9 Å². The van der Waals surface area contributed by atoms with Gasteiger partial charge in [0.25, 0.3) is 0 Å². The maximum absolute atomic E-state index is 13.2. The average molecular weight is 740 g/mol. The van der Waals surface area contributed by atoms with Crippen molar-refractivity contribution in [3.8, 4) is 22.5 Å². The summed E-state index contributed by atoms with van der Waals surface area (Å²) in [5.74, 6) is 0.240. The van der Waals surface area contributed by atoms with Crippen LogP contribution in [0.25, 0.3) is 33.4 Å². The molecule has 2 aliphatic rings. The zero-order valence-corrected chi connectivity index (χ0v) is 26.7. The molecule has 0 amide bonds. The van der Waals surface area contributed by atoms with Gasteiger partial charge in [-0.05, 0) is 0 Å². The first-order valence-electron chi connectivity index (χ1n) is 11.8. The van der Waals surface area contributed by atoms with Gasteiger partial charge in [-0.3, -0.25) is 0 Å². The Morgan fingerprint density at radius 2 is 1.67 bits per heavy atom. The van der Waals surface area contributed by atoms with Crippen LogP contribution in [-0.4, -0.2) is 29.4 Å². The van der Waals surface area contributed by atoms with Gasteiger partial charge in [0, 0.05) is 0 Å². The third-order valence-electron chi connectivity index (χ3n) is 6.06. The van der Waals surface area contributed by atoms with E-state index in [-0.39, 0.29) is 23.0 Å². The van der Waals surface area contributed by atoms with Crippen LogP contribution in [-0.2, 0) is 4.74 Å². The summed E-state index contributed by atoms with van der Waals surface area (Å²) in [6.07, 6.45) is 6.82. The molecule has 188 valence electrons. The molecule has 1 heterocycles. The first kappa shape index (κ1) is 29.2. The van der Waals surface area contributed by atoms with Crippen molar-refractivity contribution >= 4 is 87.0 Å². The van der Waals surface area contributed by atoms with Crippen molar-refractivity contribution < 1.29 is 13.9 Å². The molecule has 2 aromatic carbocycles. The first-order chi connectivity index (χ1) is 16.9. The van der Waals surface area contributed by atoms with E-state index < -0.39 is 0 Å². The Bertz CT molecular complexity index is 1400. The van der Waals surface area contributed by atoms with Crippen molar-refractivity contribution in [1.29, 1.82) is 5.41 Å². The zero-order valence-electron chi connectivity index (χ0n) is 19.9. The second-order valence-corrected chi connectivity index (χ2v) is 11.1. The number of nitrogens with one attached hydrogen (secondary N) is 1. The Morgan fingerprint density at radius 1 is 0.944 bits per heavy atom. The Hall–Kier alpha value is -1.40. The Balaban J connectivity index is 0.00000361. The van der Waals surface area contributed by atoms with Gasteiger partial charge < -0.3 is 0 Å². The number of rotatable bonds is 9. The van der Waals surface area contributed by atoms with Crippen LogP contribution in [0.3, 0.4) is 0 Å². The van der Waals surface area contributed by atoms with E-state index in [9.17, 15) is 4.79 Å².